The molecule has 1 aromatic rings. The molecule has 0 saturated heterocycles. The predicted molar refractivity (Wildman–Crippen MR) is 106 cm³/mol. The molecule has 0 bridgehead atoms. The summed E-state index contributed by atoms with van der Waals surface area (Å²) in [4.78, 5) is 23.0. The lowest BCUT2D eigenvalue weighted by Gasteiger charge is -2.46. The molecule has 1 aliphatic carbocycles. The molecule has 1 aliphatic heterocycles. The van der Waals surface area contributed by atoms with Crippen LogP contribution in [0, 0.1) is 5.92 Å². The van der Waals surface area contributed by atoms with Crippen molar-refractivity contribution in [1.82, 2.24) is 0 Å². The zero-order valence-electron chi connectivity index (χ0n) is 15.1. The number of nitrogens with zero attached hydrogens (tertiary/aromatic N) is 3. The van der Waals surface area contributed by atoms with Crippen LogP contribution in [0.4, 0.5) is 11.4 Å². The normalized spacial score (nSPS) is 19.3. The molecule has 0 radical (unpaired) electrons. The van der Waals surface area contributed by atoms with Crippen LogP contribution in [0.1, 0.15) is 46.0 Å². The van der Waals surface area contributed by atoms with Gasteiger partial charge in [0.05, 0.1) is 11.4 Å². The summed E-state index contributed by atoms with van der Waals surface area (Å²) in [7, 11) is 0. The minimum absolute atomic E-state index is 0.0817. The van der Waals surface area contributed by atoms with E-state index in [2.05, 4.69) is 15.3 Å². The molecular weight excluding hydrogens is 352 g/mol. The molecule has 1 amide bonds. The fourth-order valence-corrected chi connectivity index (χ4v) is 3.71. The standard InChI is InChI=1S/C18H25ClN6O/c1-11(2)15(26)22-13-7-6-12(19)10-14(13)25-17(21)23-16(20)24-18(25)8-4-3-5-9-18/h6-7,10-11H,3-5,8-9H2,1-2H3,(H,22,26)(H4,20,21,23,24). The first kappa shape index (κ1) is 18.5. The Morgan fingerprint density at radius 3 is 2.62 bits per heavy atom. The summed E-state index contributed by atoms with van der Waals surface area (Å²) < 4.78 is 0. The highest BCUT2D eigenvalue weighted by Gasteiger charge is 2.43. The number of carbonyl (C=O) groups is 1. The number of benzene rings is 1. The Morgan fingerprint density at radius 2 is 1.96 bits per heavy atom. The van der Waals surface area contributed by atoms with Gasteiger partial charge in [-0.2, -0.15) is 4.99 Å². The molecule has 7 nitrogen and oxygen atoms in total. The number of nitrogens with one attached hydrogen (secondary N) is 1. The number of nitrogens with two attached hydrogens (primary N) is 2. The van der Waals surface area contributed by atoms with Crippen LogP contribution in [0.25, 0.3) is 0 Å². The molecule has 140 valence electrons. The van der Waals surface area contributed by atoms with E-state index < -0.39 is 5.66 Å². The van der Waals surface area contributed by atoms with E-state index >= 15 is 0 Å². The summed E-state index contributed by atoms with van der Waals surface area (Å²) in [6, 6.07) is 5.31. The monoisotopic (exact) mass is 376 g/mol. The third-order valence-electron chi connectivity index (χ3n) is 4.83. The zero-order valence-corrected chi connectivity index (χ0v) is 15.9. The maximum absolute atomic E-state index is 12.3. The third kappa shape index (κ3) is 3.49. The molecule has 1 saturated carbocycles. The first-order chi connectivity index (χ1) is 12.3. The number of halogens is 1. The van der Waals surface area contributed by atoms with Crippen LogP contribution in [-0.2, 0) is 4.79 Å². The quantitative estimate of drug-likeness (QED) is 0.753. The molecule has 0 unspecified atom stereocenters. The van der Waals surface area contributed by atoms with Crippen molar-refractivity contribution in [2.75, 3.05) is 10.2 Å². The third-order valence-corrected chi connectivity index (χ3v) is 5.07. The SMILES string of the molecule is CC(C)C(=O)Nc1ccc(Cl)cc1N1C(N)=NC(N)=NC12CCCCC2. The van der Waals surface area contributed by atoms with E-state index in [1.54, 1.807) is 18.2 Å². The molecule has 26 heavy (non-hydrogen) atoms. The van der Waals surface area contributed by atoms with Gasteiger partial charge >= 0.3 is 0 Å². The van der Waals surface area contributed by atoms with Gasteiger partial charge in [-0.15, -0.1) is 0 Å². The first-order valence-electron chi connectivity index (χ1n) is 8.92. The number of anilines is 2. The Morgan fingerprint density at radius 1 is 1.27 bits per heavy atom. The van der Waals surface area contributed by atoms with Gasteiger partial charge in [0.15, 0.2) is 0 Å². The van der Waals surface area contributed by atoms with Crippen molar-refractivity contribution in [2.24, 2.45) is 27.4 Å². The number of rotatable bonds is 3. The molecule has 0 atom stereocenters. The summed E-state index contributed by atoms with van der Waals surface area (Å²) >= 11 is 6.26. The molecule has 1 aromatic carbocycles. The smallest absolute Gasteiger partial charge is 0.226 e. The molecule has 8 heteroatoms. The summed E-state index contributed by atoms with van der Waals surface area (Å²) in [6.07, 6.45) is 4.82. The van der Waals surface area contributed by atoms with Crippen LogP contribution in [-0.4, -0.2) is 23.5 Å². The van der Waals surface area contributed by atoms with Crippen LogP contribution in [0.5, 0.6) is 0 Å². The summed E-state index contributed by atoms with van der Waals surface area (Å²) in [5, 5.41) is 3.50. The Hall–Kier alpha value is -2.28. The average molecular weight is 377 g/mol. The van der Waals surface area contributed by atoms with Crippen molar-refractivity contribution >= 4 is 40.8 Å². The van der Waals surface area contributed by atoms with Gasteiger partial charge in [-0.3, -0.25) is 9.69 Å². The molecule has 2 aliphatic rings. The van der Waals surface area contributed by atoms with E-state index in [1.807, 2.05) is 18.7 Å². The van der Waals surface area contributed by atoms with Crippen LogP contribution in [0.3, 0.4) is 0 Å². The maximum Gasteiger partial charge on any atom is 0.226 e. The van der Waals surface area contributed by atoms with Gasteiger partial charge in [-0.25, -0.2) is 4.99 Å². The van der Waals surface area contributed by atoms with Crippen molar-refractivity contribution in [1.29, 1.82) is 0 Å². The van der Waals surface area contributed by atoms with Gasteiger partial charge in [0.2, 0.25) is 17.8 Å². The van der Waals surface area contributed by atoms with Gasteiger partial charge in [0, 0.05) is 10.9 Å². The number of hydrogen-bond acceptors (Lipinski definition) is 6. The second kappa shape index (κ2) is 7.15. The van der Waals surface area contributed by atoms with Crippen molar-refractivity contribution in [3.8, 4) is 0 Å². The second-order valence-corrected chi connectivity index (χ2v) is 7.56. The Labute approximate surface area is 158 Å². The molecule has 0 aromatic heterocycles. The number of carbonyl (C=O) groups excluding carboxylic acids is 1. The van der Waals surface area contributed by atoms with Crippen molar-refractivity contribution in [3.05, 3.63) is 23.2 Å². The van der Waals surface area contributed by atoms with Crippen LogP contribution >= 0.6 is 11.6 Å². The van der Waals surface area contributed by atoms with Crippen LogP contribution < -0.4 is 21.7 Å². The molecule has 1 spiro atoms. The van der Waals surface area contributed by atoms with Crippen LogP contribution in [0.15, 0.2) is 28.2 Å². The van der Waals surface area contributed by atoms with Crippen LogP contribution in [0.2, 0.25) is 5.02 Å². The lowest BCUT2D eigenvalue weighted by molar-refractivity contribution is -0.118. The van der Waals surface area contributed by atoms with E-state index in [1.165, 1.54) is 0 Å². The number of amides is 1. The van der Waals surface area contributed by atoms with Gasteiger partial charge in [0.25, 0.3) is 0 Å². The van der Waals surface area contributed by atoms with E-state index in [-0.39, 0.29) is 23.7 Å². The number of aliphatic imine (C=N–C) groups is 2. The maximum atomic E-state index is 12.3. The average Bonchev–Trinajstić information content (AvgIpc) is 2.57. The van der Waals surface area contributed by atoms with Gasteiger partial charge in [-0.05, 0) is 43.9 Å². The number of guanidine groups is 2. The molecule has 5 N–H and O–H groups in total. The minimum Gasteiger partial charge on any atom is -0.369 e. The van der Waals surface area contributed by atoms with Gasteiger partial charge in [-0.1, -0.05) is 31.9 Å². The fourth-order valence-electron chi connectivity index (χ4n) is 3.54. The summed E-state index contributed by atoms with van der Waals surface area (Å²) in [5.74, 6) is 0.224. The summed E-state index contributed by atoms with van der Waals surface area (Å²) in [5.41, 5.74) is 12.9. The Bertz CT molecular complexity index is 767. The lowest BCUT2D eigenvalue weighted by Crippen LogP contribution is -2.58. The van der Waals surface area contributed by atoms with Crippen molar-refractivity contribution < 1.29 is 4.79 Å². The fraction of sp³-hybridized carbons (Fsp3) is 0.500. The zero-order chi connectivity index (χ0) is 18.9. The van der Waals surface area contributed by atoms with E-state index in [9.17, 15) is 4.79 Å². The van der Waals surface area contributed by atoms with Crippen molar-refractivity contribution in [2.45, 2.75) is 51.6 Å². The molecule has 1 heterocycles. The predicted octanol–water partition coefficient (Wildman–Crippen LogP) is 3.04. The largest absolute Gasteiger partial charge is 0.369 e. The second-order valence-electron chi connectivity index (χ2n) is 7.12. The van der Waals surface area contributed by atoms with Gasteiger partial charge in [0.1, 0.15) is 5.66 Å². The highest BCUT2D eigenvalue weighted by Crippen LogP contribution is 2.42. The molecular formula is C18H25ClN6O. The topological polar surface area (TPSA) is 109 Å². The Balaban J connectivity index is 2.09. The lowest BCUT2D eigenvalue weighted by atomic mass is 9.87. The highest BCUT2D eigenvalue weighted by atomic mass is 35.5. The summed E-state index contributed by atoms with van der Waals surface area (Å²) in [6.45, 7) is 3.69. The van der Waals surface area contributed by atoms with E-state index in [4.69, 9.17) is 23.1 Å². The molecule has 3 rings (SSSR count). The van der Waals surface area contributed by atoms with E-state index in [0.717, 1.165) is 32.1 Å². The highest BCUT2D eigenvalue weighted by molar-refractivity contribution is 6.31. The van der Waals surface area contributed by atoms with Gasteiger partial charge < -0.3 is 16.8 Å². The minimum atomic E-state index is -0.587. The Kier molecular flexibility index (Phi) is 5.09. The number of hydrogen-bond donors (Lipinski definition) is 3. The molecule has 1 fully saturated rings. The first-order valence-corrected chi connectivity index (χ1v) is 9.30. The van der Waals surface area contributed by atoms with E-state index in [0.29, 0.717) is 16.4 Å². The van der Waals surface area contributed by atoms with Crippen molar-refractivity contribution in [3.63, 3.8) is 0 Å².